The van der Waals surface area contributed by atoms with Gasteiger partial charge in [0.1, 0.15) is 0 Å². The van der Waals surface area contributed by atoms with E-state index in [1.165, 1.54) is 12.1 Å². The predicted octanol–water partition coefficient (Wildman–Crippen LogP) is 2.43. The lowest BCUT2D eigenvalue weighted by atomic mass is 10.1. The Bertz CT molecular complexity index is 859. The van der Waals surface area contributed by atoms with E-state index in [0.29, 0.717) is 5.06 Å². The second-order valence-electron chi connectivity index (χ2n) is 5.75. The minimum atomic E-state index is -0.749. The highest BCUT2D eigenvalue weighted by Gasteiger charge is 2.38. The maximum atomic E-state index is 12.3. The Hall–Kier alpha value is -3.41. The summed E-state index contributed by atoms with van der Waals surface area (Å²) in [4.78, 5) is 43.9. The van der Waals surface area contributed by atoms with Gasteiger partial charge in [-0.2, -0.15) is 0 Å². The smallest absolute Gasteiger partial charge is 0.363 e. The van der Waals surface area contributed by atoms with E-state index in [9.17, 15) is 14.4 Å². The molecule has 2 aromatic rings. The summed E-state index contributed by atoms with van der Waals surface area (Å²) in [6.07, 6.45) is 4.15. The highest BCUT2D eigenvalue weighted by atomic mass is 16.7. The molecule has 4 rings (SSSR count). The van der Waals surface area contributed by atoms with E-state index in [1.54, 1.807) is 24.3 Å². The van der Waals surface area contributed by atoms with Crippen molar-refractivity contribution in [2.24, 2.45) is 0 Å². The van der Waals surface area contributed by atoms with Crippen molar-refractivity contribution >= 4 is 23.5 Å². The lowest BCUT2D eigenvalue weighted by Gasteiger charge is -2.18. The minimum Gasteiger partial charge on any atom is -0.364 e. The quantitative estimate of drug-likeness (QED) is 0.637. The Balaban J connectivity index is 1.49. The number of hydrogen-bond donors (Lipinski definition) is 0. The van der Waals surface area contributed by atoms with Gasteiger partial charge in [-0.1, -0.05) is 29.3 Å². The van der Waals surface area contributed by atoms with Crippen molar-refractivity contribution in [2.45, 2.75) is 0 Å². The van der Waals surface area contributed by atoms with Gasteiger partial charge >= 0.3 is 5.97 Å². The molecule has 124 valence electrons. The zero-order chi connectivity index (χ0) is 17.4. The fraction of sp³-hybridized carbons (Fsp3) is 0.105. The van der Waals surface area contributed by atoms with Crippen LogP contribution in [0.3, 0.4) is 0 Å². The standard InChI is InChI=1S/C19H14N2O4/c22-17-15-5-1-2-6-16(15)18(23)21(17)25-19(24)13-7-9-14(10-8-13)20-11-3-4-12-20/h1-10H,11-12H2. The van der Waals surface area contributed by atoms with E-state index in [1.807, 2.05) is 12.1 Å². The lowest BCUT2D eigenvalue weighted by molar-refractivity contribution is -0.0584. The Morgan fingerprint density at radius 3 is 1.96 bits per heavy atom. The molecule has 2 amide bonds. The van der Waals surface area contributed by atoms with Crippen LogP contribution in [0.1, 0.15) is 31.1 Å². The number of imide groups is 1. The summed E-state index contributed by atoms with van der Waals surface area (Å²) >= 11 is 0. The van der Waals surface area contributed by atoms with Crippen LogP contribution in [0.2, 0.25) is 0 Å². The van der Waals surface area contributed by atoms with Gasteiger partial charge in [-0.15, -0.1) is 0 Å². The molecule has 0 N–H and O–H groups in total. The van der Waals surface area contributed by atoms with Gasteiger partial charge in [0.15, 0.2) is 0 Å². The number of carbonyl (C=O) groups excluding carboxylic acids is 3. The van der Waals surface area contributed by atoms with Gasteiger partial charge in [0.25, 0.3) is 11.8 Å². The molecule has 0 aliphatic carbocycles. The number of rotatable bonds is 3. The first-order valence-corrected chi connectivity index (χ1v) is 7.85. The van der Waals surface area contributed by atoms with Crippen LogP contribution in [0.25, 0.3) is 0 Å². The third kappa shape index (κ3) is 2.57. The zero-order valence-electron chi connectivity index (χ0n) is 13.2. The molecule has 6 nitrogen and oxygen atoms in total. The van der Waals surface area contributed by atoms with E-state index < -0.39 is 17.8 Å². The molecule has 0 saturated carbocycles. The van der Waals surface area contributed by atoms with E-state index >= 15 is 0 Å². The molecule has 0 aromatic heterocycles. The van der Waals surface area contributed by atoms with Gasteiger partial charge < -0.3 is 9.74 Å². The first kappa shape index (κ1) is 15.1. The van der Waals surface area contributed by atoms with Crippen LogP contribution >= 0.6 is 0 Å². The van der Waals surface area contributed by atoms with Gasteiger partial charge in [-0.3, -0.25) is 9.59 Å². The molecule has 0 unspecified atom stereocenters. The highest BCUT2D eigenvalue weighted by Crippen LogP contribution is 2.24. The van der Waals surface area contributed by atoms with Crippen LogP contribution in [0.5, 0.6) is 0 Å². The van der Waals surface area contributed by atoms with Crippen molar-refractivity contribution in [1.29, 1.82) is 0 Å². The fourth-order valence-corrected chi connectivity index (χ4v) is 2.88. The Labute approximate surface area is 143 Å². The van der Waals surface area contributed by atoms with Crippen molar-refractivity contribution in [3.8, 4) is 0 Å². The number of hydrogen-bond acceptors (Lipinski definition) is 5. The van der Waals surface area contributed by atoms with Gasteiger partial charge in [-0.25, -0.2) is 4.79 Å². The summed E-state index contributed by atoms with van der Waals surface area (Å²) in [7, 11) is 0. The molecule has 0 atom stereocenters. The zero-order valence-corrected chi connectivity index (χ0v) is 13.2. The lowest BCUT2D eigenvalue weighted by Crippen LogP contribution is -2.32. The first-order valence-electron chi connectivity index (χ1n) is 7.85. The number of nitrogens with zero attached hydrogens (tertiary/aromatic N) is 2. The average Bonchev–Trinajstić information content (AvgIpc) is 3.26. The number of anilines is 1. The summed E-state index contributed by atoms with van der Waals surface area (Å²) in [5.41, 5.74) is 1.73. The van der Waals surface area contributed by atoms with Crippen LogP contribution in [0.4, 0.5) is 5.69 Å². The fourth-order valence-electron chi connectivity index (χ4n) is 2.88. The molecule has 25 heavy (non-hydrogen) atoms. The molecule has 0 radical (unpaired) electrons. The first-order chi connectivity index (χ1) is 12.1. The SMILES string of the molecule is O=C(ON1C(=O)c2ccccc2C1=O)c1ccc(N2CC=CC2)cc1. The highest BCUT2D eigenvalue weighted by molar-refractivity contribution is 6.21. The van der Waals surface area contributed by atoms with Crippen molar-refractivity contribution in [1.82, 2.24) is 5.06 Å². The Morgan fingerprint density at radius 2 is 1.40 bits per heavy atom. The second-order valence-corrected chi connectivity index (χ2v) is 5.75. The van der Waals surface area contributed by atoms with E-state index in [0.717, 1.165) is 18.8 Å². The largest absolute Gasteiger partial charge is 0.364 e. The van der Waals surface area contributed by atoms with Crippen LogP contribution < -0.4 is 4.90 Å². The summed E-state index contributed by atoms with van der Waals surface area (Å²) in [6, 6.07) is 13.2. The van der Waals surface area contributed by atoms with Crippen LogP contribution in [-0.4, -0.2) is 35.9 Å². The van der Waals surface area contributed by atoms with Crippen LogP contribution in [0.15, 0.2) is 60.7 Å². The van der Waals surface area contributed by atoms with Gasteiger partial charge in [-0.05, 0) is 36.4 Å². The molecule has 0 saturated heterocycles. The normalized spacial score (nSPS) is 15.7. The summed E-state index contributed by atoms with van der Waals surface area (Å²) in [6.45, 7) is 1.66. The number of hydroxylamine groups is 2. The third-order valence-corrected chi connectivity index (χ3v) is 4.22. The summed E-state index contributed by atoms with van der Waals surface area (Å²) in [5, 5.41) is 0.519. The molecule has 0 bridgehead atoms. The Morgan fingerprint density at radius 1 is 0.840 bits per heavy atom. The molecular weight excluding hydrogens is 320 g/mol. The summed E-state index contributed by atoms with van der Waals surface area (Å²) in [5.74, 6) is -2.01. The third-order valence-electron chi connectivity index (χ3n) is 4.22. The van der Waals surface area contributed by atoms with Crippen LogP contribution in [0, 0.1) is 0 Å². The predicted molar refractivity (Wildman–Crippen MR) is 90.2 cm³/mol. The number of carbonyl (C=O) groups is 3. The van der Waals surface area contributed by atoms with Crippen LogP contribution in [-0.2, 0) is 4.84 Å². The number of fused-ring (bicyclic) bond motifs is 1. The summed E-state index contributed by atoms with van der Waals surface area (Å²) < 4.78 is 0. The van der Waals surface area contributed by atoms with Gasteiger partial charge in [0.2, 0.25) is 0 Å². The van der Waals surface area contributed by atoms with Gasteiger partial charge in [0, 0.05) is 18.8 Å². The molecule has 2 aliphatic heterocycles. The molecule has 2 heterocycles. The molecule has 0 fully saturated rings. The maximum absolute atomic E-state index is 12.3. The number of benzene rings is 2. The minimum absolute atomic E-state index is 0.234. The van der Waals surface area contributed by atoms with Crippen molar-refractivity contribution in [3.05, 3.63) is 77.4 Å². The molecule has 0 spiro atoms. The molecular formula is C19H14N2O4. The number of amides is 2. The monoisotopic (exact) mass is 334 g/mol. The molecule has 6 heteroatoms. The average molecular weight is 334 g/mol. The van der Waals surface area contributed by atoms with E-state index in [2.05, 4.69) is 17.1 Å². The second kappa shape index (κ2) is 5.90. The molecule has 2 aromatic carbocycles. The van der Waals surface area contributed by atoms with E-state index in [-0.39, 0.29) is 16.7 Å². The maximum Gasteiger partial charge on any atom is 0.363 e. The van der Waals surface area contributed by atoms with Gasteiger partial charge in [0.05, 0.1) is 16.7 Å². The van der Waals surface area contributed by atoms with Crippen molar-refractivity contribution < 1.29 is 19.2 Å². The van der Waals surface area contributed by atoms with Crippen molar-refractivity contribution in [2.75, 3.05) is 18.0 Å². The van der Waals surface area contributed by atoms with E-state index in [4.69, 9.17) is 4.84 Å². The van der Waals surface area contributed by atoms with Crippen molar-refractivity contribution in [3.63, 3.8) is 0 Å². The Kier molecular flexibility index (Phi) is 3.57. The topological polar surface area (TPSA) is 66.9 Å². The molecule has 2 aliphatic rings.